The van der Waals surface area contributed by atoms with Crippen LogP contribution in [0.1, 0.15) is 5.56 Å². The van der Waals surface area contributed by atoms with Crippen LogP contribution < -0.4 is 5.73 Å². The molecule has 0 spiro atoms. The monoisotopic (exact) mass is 182 g/mol. The highest BCUT2D eigenvalue weighted by molar-refractivity contribution is 5.63. The molecule has 0 fully saturated rings. The summed E-state index contributed by atoms with van der Waals surface area (Å²) in [5, 5.41) is 0. The topological polar surface area (TPSA) is 26.0 Å². The van der Waals surface area contributed by atoms with E-state index in [0.717, 1.165) is 5.56 Å². The van der Waals surface area contributed by atoms with Crippen molar-refractivity contribution in [3.05, 3.63) is 60.2 Å². The van der Waals surface area contributed by atoms with Gasteiger partial charge in [-0.3, -0.25) is 0 Å². The Kier molecular flexibility index (Phi) is 2.61. The zero-order valence-corrected chi connectivity index (χ0v) is 7.90. The number of benzene rings is 2. The molecule has 0 aliphatic heterocycles. The van der Waals surface area contributed by atoms with Gasteiger partial charge < -0.3 is 5.73 Å². The van der Waals surface area contributed by atoms with Crippen molar-refractivity contribution in [2.24, 2.45) is 5.73 Å². The van der Waals surface area contributed by atoms with Gasteiger partial charge in [0.05, 0.1) is 0 Å². The maximum Gasteiger partial charge on any atom is 0.0184 e. The molecule has 0 amide bonds. The Morgan fingerprint density at radius 1 is 1.00 bits per heavy atom. The normalized spacial score (nSPS) is 10.1. The van der Waals surface area contributed by atoms with Crippen LogP contribution in [-0.2, 0) is 6.54 Å². The summed E-state index contributed by atoms with van der Waals surface area (Å²) in [6.45, 7) is 0.542. The molecule has 0 aromatic heterocycles. The predicted octanol–water partition coefficient (Wildman–Crippen LogP) is 2.61. The third-order valence-electron chi connectivity index (χ3n) is 2.19. The average molecular weight is 182 g/mol. The Hall–Kier alpha value is -1.60. The summed E-state index contributed by atoms with van der Waals surface area (Å²) in [5.41, 5.74) is 9.03. The second-order valence-electron chi connectivity index (χ2n) is 3.17. The van der Waals surface area contributed by atoms with Gasteiger partial charge in [0.1, 0.15) is 0 Å². The summed E-state index contributed by atoms with van der Waals surface area (Å²) in [6.07, 6.45) is 0. The van der Waals surface area contributed by atoms with E-state index in [-0.39, 0.29) is 0 Å². The van der Waals surface area contributed by atoms with Crippen molar-refractivity contribution in [2.75, 3.05) is 0 Å². The highest BCUT2D eigenvalue weighted by atomic mass is 14.5. The second kappa shape index (κ2) is 4.07. The first kappa shape index (κ1) is 8.97. The fraction of sp³-hybridized carbons (Fsp3) is 0.0769. The molecule has 1 heteroatoms. The molecule has 0 aliphatic rings. The van der Waals surface area contributed by atoms with E-state index in [0.29, 0.717) is 6.54 Å². The van der Waals surface area contributed by atoms with Gasteiger partial charge in [-0.2, -0.15) is 0 Å². The molecule has 2 aromatic carbocycles. The summed E-state index contributed by atoms with van der Waals surface area (Å²) in [4.78, 5) is 0. The number of nitrogens with two attached hydrogens (primary N) is 1. The number of hydrogen-bond donors (Lipinski definition) is 1. The molecule has 0 unspecified atom stereocenters. The van der Waals surface area contributed by atoms with Crippen LogP contribution in [0.2, 0.25) is 0 Å². The van der Waals surface area contributed by atoms with Gasteiger partial charge in [0, 0.05) is 6.54 Å². The second-order valence-corrected chi connectivity index (χ2v) is 3.17. The van der Waals surface area contributed by atoms with E-state index in [1.165, 1.54) is 11.1 Å². The third-order valence-corrected chi connectivity index (χ3v) is 2.19. The maximum absolute atomic E-state index is 5.57. The Labute approximate surface area is 84.2 Å². The zero-order valence-electron chi connectivity index (χ0n) is 7.90. The van der Waals surface area contributed by atoms with Gasteiger partial charge in [-0.25, -0.2) is 0 Å². The molecule has 0 saturated carbocycles. The van der Waals surface area contributed by atoms with Crippen molar-refractivity contribution in [2.45, 2.75) is 6.54 Å². The summed E-state index contributed by atoms with van der Waals surface area (Å²) in [5.74, 6) is 0. The van der Waals surface area contributed by atoms with Gasteiger partial charge in [-0.15, -0.1) is 0 Å². The molecule has 0 bridgehead atoms. The molecular weight excluding hydrogens is 170 g/mol. The standard InChI is InChI=1S/C13H12N/c14-10-11-5-4-8-13(9-11)12-6-2-1-3-7-12/h1-4,6-9H,10,14H2. The Morgan fingerprint density at radius 3 is 2.50 bits per heavy atom. The molecule has 14 heavy (non-hydrogen) atoms. The minimum Gasteiger partial charge on any atom is -0.326 e. The number of rotatable bonds is 2. The molecule has 2 rings (SSSR count). The van der Waals surface area contributed by atoms with E-state index in [1.807, 2.05) is 24.3 Å². The van der Waals surface area contributed by atoms with E-state index in [9.17, 15) is 0 Å². The minimum atomic E-state index is 0.542. The third kappa shape index (κ3) is 1.83. The SMILES string of the molecule is NCc1[c]ccc(-c2ccccc2)c1. The maximum atomic E-state index is 5.57. The summed E-state index contributed by atoms with van der Waals surface area (Å²) in [6, 6.07) is 19.4. The molecule has 2 N–H and O–H groups in total. The van der Waals surface area contributed by atoms with Crippen molar-refractivity contribution in [1.82, 2.24) is 0 Å². The lowest BCUT2D eigenvalue weighted by molar-refractivity contribution is 1.07. The summed E-state index contributed by atoms with van der Waals surface area (Å²) in [7, 11) is 0. The molecule has 1 radical (unpaired) electrons. The molecule has 0 atom stereocenters. The summed E-state index contributed by atoms with van der Waals surface area (Å²) < 4.78 is 0. The number of hydrogen-bond acceptors (Lipinski definition) is 1. The smallest absolute Gasteiger partial charge is 0.0184 e. The van der Waals surface area contributed by atoms with E-state index in [1.54, 1.807) is 0 Å². The summed E-state index contributed by atoms with van der Waals surface area (Å²) >= 11 is 0. The average Bonchev–Trinajstić information content (AvgIpc) is 2.30. The quantitative estimate of drug-likeness (QED) is 0.759. The van der Waals surface area contributed by atoms with Gasteiger partial charge in [0.25, 0.3) is 0 Å². The first-order valence-electron chi connectivity index (χ1n) is 4.66. The van der Waals surface area contributed by atoms with Crippen molar-refractivity contribution in [3.8, 4) is 11.1 Å². The van der Waals surface area contributed by atoms with Crippen LogP contribution in [0.3, 0.4) is 0 Å². The molecular formula is C13H12N. The molecule has 69 valence electrons. The fourth-order valence-electron chi connectivity index (χ4n) is 1.44. The van der Waals surface area contributed by atoms with E-state index in [4.69, 9.17) is 5.73 Å². The van der Waals surface area contributed by atoms with Crippen LogP contribution in [0, 0.1) is 6.07 Å². The Morgan fingerprint density at radius 2 is 1.79 bits per heavy atom. The van der Waals surface area contributed by atoms with Gasteiger partial charge in [-0.05, 0) is 28.8 Å². The molecule has 2 aromatic rings. The van der Waals surface area contributed by atoms with Crippen LogP contribution in [0.5, 0.6) is 0 Å². The van der Waals surface area contributed by atoms with Crippen LogP contribution >= 0.6 is 0 Å². The highest BCUT2D eigenvalue weighted by Gasteiger charge is 1.96. The Balaban J connectivity index is 2.42. The van der Waals surface area contributed by atoms with Crippen molar-refractivity contribution < 1.29 is 0 Å². The highest BCUT2D eigenvalue weighted by Crippen LogP contribution is 2.19. The minimum absolute atomic E-state index is 0.542. The first-order chi connectivity index (χ1) is 6.90. The van der Waals surface area contributed by atoms with Crippen LogP contribution in [0.15, 0.2) is 48.5 Å². The van der Waals surface area contributed by atoms with Gasteiger partial charge in [0.15, 0.2) is 0 Å². The van der Waals surface area contributed by atoms with Gasteiger partial charge in [-0.1, -0.05) is 42.5 Å². The zero-order chi connectivity index (χ0) is 9.80. The predicted molar refractivity (Wildman–Crippen MR) is 58.6 cm³/mol. The Bertz CT molecular complexity index is 407. The van der Waals surface area contributed by atoms with Crippen LogP contribution in [0.25, 0.3) is 11.1 Å². The lowest BCUT2D eigenvalue weighted by Crippen LogP contribution is -1.95. The fourth-order valence-corrected chi connectivity index (χ4v) is 1.44. The van der Waals surface area contributed by atoms with Gasteiger partial charge >= 0.3 is 0 Å². The van der Waals surface area contributed by atoms with Gasteiger partial charge in [0.2, 0.25) is 0 Å². The molecule has 1 nitrogen and oxygen atoms in total. The van der Waals surface area contributed by atoms with Crippen molar-refractivity contribution in [3.63, 3.8) is 0 Å². The molecule has 0 aliphatic carbocycles. The first-order valence-corrected chi connectivity index (χ1v) is 4.66. The molecule has 0 saturated heterocycles. The lowest BCUT2D eigenvalue weighted by Gasteiger charge is -2.02. The lowest BCUT2D eigenvalue weighted by atomic mass is 10.0. The van der Waals surface area contributed by atoms with Crippen LogP contribution in [-0.4, -0.2) is 0 Å². The van der Waals surface area contributed by atoms with Crippen molar-refractivity contribution >= 4 is 0 Å². The molecule has 0 heterocycles. The van der Waals surface area contributed by atoms with E-state index in [2.05, 4.69) is 30.3 Å². The van der Waals surface area contributed by atoms with E-state index >= 15 is 0 Å². The van der Waals surface area contributed by atoms with Crippen LogP contribution in [0.4, 0.5) is 0 Å². The van der Waals surface area contributed by atoms with E-state index < -0.39 is 0 Å². The largest absolute Gasteiger partial charge is 0.326 e. The van der Waals surface area contributed by atoms with Crippen molar-refractivity contribution in [1.29, 1.82) is 0 Å².